The maximum atomic E-state index is 12.8. The minimum absolute atomic E-state index is 0.0193. The molecule has 4 rings (SSSR count). The molecule has 0 radical (unpaired) electrons. The van der Waals surface area contributed by atoms with Crippen molar-refractivity contribution in [1.82, 2.24) is 20.0 Å². The molecule has 0 bridgehead atoms. The first kappa shape index (κ1) is 21.1. The van der Waals surface area contributed by atoms with Crippen molar-refractivity contribution in [3.8, 4) is 22.7 Å². The van der Waals surface area contributed by atoms with E-state index in [1.807, 2.05) is 18.2 Å². The molecule has 1 amide bonds. The van der Waals surface area contributed by atoms with E-state index in [0.717, 1.165) is 0 Å². The Labute approximate surface area is 186 Å². The molecule has 32 heavy (non-hydrogen) atoms. The van der Waals surface area contributed by atoms with Crippen molar-refractivity contribution in [2.75, 3.05) is 12.4 Å². The van der Waals surface area contributed by atoms with Gasteiger partial charge in [-0.25, -0.2) is 9.67 Å². The maximum Gasteiger partial charge on any atom is 0.279 e. The van der Waals surface area contributed by atoms with Crippen molar-refractivity contribution >= 4 is 28.1 Å². The molecule has 0 aliphatic heterocycles. The second-order valence-electron chi connectivity index (χ2n) is 6.89. The van der Waals surface area contributed by atoms with Gasteiger partial charge in [0, 0.05) is 28.6 Å². The van der Waals surface area contributed by atoms with Crippen LogP contribution in [0.15, 0.2) is 47.8 Å². The van der Waals surface area contributed by atoms with Gasteiger partial charge in [-0.05, 0) is 26.0 Å². The van der Waals surface area contributed by atoms with Crippen molar-refractivity contribution in [1.29, 1.82) is 0 Å². The minimum Gasteiger partial charge on any atom is -0.497 e. The van der Waals surface area contributed by atoms with E-state index in [0.29, 0.717) is 39.1 Å². The molecule has 2 aromatic heterocycles. The van der Waals surface area contributed by atoms with Crippen molar-refractivity contribution in [3.63, 3.8) is 0 Å². The van der Waals surface area contributed by atoms with Crippen LogP contribution in [0.4, 0.5) is 10.8 Å². The van der Waals surface area contributed by atoms with Gasteiger partial charge in [0.05, 0.1) is 29.1 Å². The van der Waals surface area contributed by atoms with Gasteiger partial charge in [0.15, 0.2) is 10.8 Å². The van der Waals surface area contributed by atoms with Crippen LogP contribution in [0.3, 0.4) is 0 Å². The van der Waals surface area contributed by atoms with Gasteiger partial charge in [-0.15, -0.1) is 16.4 Å². The number of aryl methyl sites for hydroxylation is 1. The fourth-order valence-electron chi connectivity index (χ4n) is 3.11. The molecule has 10 nitrogen and oxygen atoms in total. The second-order valence-corrected chi connectivity index (χ2v) is 7.75. The number of hydrogen-bond acceptors (Lipinski definition) is 8. The summed E-state index contributed by atoms with van der Waals surface area (Å²) in [4.78, 5) is 27.9. The van der Waals surface area contributed by atoms with Crippen LogP contribution in [0, 0.1) is 24.0 Å². The Morgan fingerprint density at radius 2 is 2.03 bits per heavy atom. The predicted octanol–water partition coefficient (Wildman–Crippen LogP) is 4.18. The maximum absolute atomic E-state index is 12.8. The largest absolute Gasteiger partial charge is 0.497 e. The summed E-state index contributed by atoms with van der Waals surface area (Å²) in [6, 6.07) is 12.2. The van der Waals surface area contributed by atoms with Crippen molar-refractivity contribution in [2.45, 2.75) is 13.8 Å². The number of carbonyl (C=O) groups is 1. The first-order valence-electron chi connectivity index (χ1n) is 9.46. The Morgan fingerprint density at radius 1 is 1.22 bits per heavy atom. The van der Waals surface area contributed by atoms with Crippen LogP contribution in [0.2, 0.25) is 0 Å². The lowest BCUT2D eigenvalue weighted by Crippen LogP contribution is -2.14. The van der Waals surface area contributed by atoms with Crippen LogP contribution >= 0.6 is 11.3 Å². The highest BCUT2D eigenvalue weighted by molar-refractivity contribution is 7.14. The third-order valence-electron chi connectivity index (χ3n) is 4.83. The number of nitrogens with zero attached hydrogens (tertiary/aromatic N) is 5. The fourth-order valence-corrected chi connectivity index (χ4v) is 3.83. The third kappa shape index (κ3) is 4.05. The molecule has 0 saturated heterocycles. The summed E-state index contributed by atoms with van der Waals surface area (Å²) in [6.07, 6.45) is 0. The fraction of sp³-hybridized carbons (Fsp3) is 0.143. The zero-order valence-electron chi connectivity index (χ0n) is 17.4. The minimum atomic E-state index is -0.451. The van der Waals surface area contributed by atoms with Gasteiger partial charge in [0.2, 0.25) is 0 Å². The van der Waals surface area contributed by atoms with Gasteiger partial charge >= 0.3 is 0 Å². The van der Waals surface area contributed by atoms with Gasteiger partial charge in [0.1, 0.15) is 5.75 Å². The van der Waals surface area contributed by atoms with Crippen molar-refractivity contribution < 1.29 is 14.5 Å². The highest BCUT2D eigenvalue weighted by atomic mass is 32.1. The first-order chi connectivity index (χ1) is 15.4. The molecule has 0 aliphatic rings. The number of carbonyl (C=O) groups excluding carboxylic acids is 1. The van der Waals surface area contributed by atoms with E-state index in [1.54, 1.807) is 49.2 Å². The average molecular weight is 450 g/mol. The van der Waals surface area contributed by atoms with E-state index in [2.05, 4.69) is 20.6 Å². The molecule has 0 spiro atoms. The van der Waals surface area contributed by atoms with E-state index < -0.39 is 10.8 Å². The number of nitro benzene ring substituents is 1. The average Bonchev–Trinajstić information content (AvgIpc) is 3.40. The van der Waals surface area contributed by atoms with Gasteiger partial charge in [-0.3, -0.25) is 20.2 Å². The van der Waals surface area contributed by atoms with E-state index in [-0.39, 0.29) is 11.4 Å². The number of benzene rings is 2. The van der Waals surface area contributed by atoms with E-state index in [4.69, 9.17) is 4.74 Å². The lowest BCUT2D eigenvalue weighted by Gasteiger charge is -2.06. The summed E-state index contributed by atoms with van der Waals surface area (Å²) in [6.45, 7) is 3.42. The zero-order chi connectivity index (χ0) is 22.8. The van der Waals surface area contributed by atoms with Crippen LogP contribution < -0.4 is 10.1 Å². The SMILES string of the molecule is COc1cccc(-n2nnc(C(=O)Nc3nc(-c4ccc(C)c([N+](=O)[O-])c4)cs3)c2C)c1. The van der Waals surface area contributed by atoms with Crippen LogP contribution in [0.1, 0.15) is 21.7 Å². The number of aromatic nitrogens is 4. The molecule has 0 unspecified atom stereocenters. The molecule has 0 fully saturated rings. The molecule has 11 heteroatoms. The van der Waals surface area contributed by atoms with Gasteiger partial charge < -0.3 is 4.74 Å². The molecular formula is C21H18N6O4S. The lowest BCUT2D eigenvalue weighted by molar-refractivity contribution is -0.385. The molecule has 162 valence electrons. The number of hydrogen-bond donors (Lipinski definition) is 1. The molecule has 2 aromatic carbocycles. The molecule has 2 heterocycles. The first-order valence-corrected chi connectivity index (χ1v) is 10.3. The van der Waals surface area contributed by atoms with Gasteiger partial charge in [0.25, 0.3) is 11.6 Å². The standard InChI is InChI=1S/C21H18N6O4S/c1-12-7-8-14(9-18(12)27(29)30)17-11-32-21(22-17)23-20(28)19-13(2)26(25-24-19)15-5-4-6-16(10-15)31-3/h4-11H,1-3H3,(H,22,23,28). The molecule has 0 aliphatic carbocycles. The quantitative estimate of drug-likeness (QED) is 0.345. The summed E-state index contributed by atoms with van der Waals surface area (Å²) in [5.41, 5.74) is 3.15. The number of thiazole rings is 1. The van der Waals surface area contributed by atoms with Crippen LogP contribution in [0.25, 0.3) is 16.9 Å². The third-order valence-corrected chi connectivity index (χ3v) is 5.59. The van der Waals surface area contributed by atoms with Crippen LogP contribution in [0.5, 0.6) is 5.75 Å². The van der Waals surface area contributed by atoms with E-state index >= 15 is 0 Å². The Morgan fingerprint density at radius 3 is 2.78 bits per heavy atom. The molecular weight excluding hydrogens is 432 g/mol. The Kier molecular flexibility index (Phi) is 5.65. The van der Waals surface area contributed by atoms with E-state index in [1.165, 1.54) is 17.4 Å². The molecule has 1 N–H and O–H groups in total. The number of ether oxygens (including phenoxy) is 1. The smallest absolute Gasteiger partial charge is 0.279 e. The topological polar surface area (TPSA) is 125 Å². The van der Waals surface area contributed by atoms with E-state index in [9.17, 15) is 14.9 Å². The predicted molar refractivity (Wildman–Crippen MR) is 120 cm³/mol. The molecule has 0 atom stereocenters. The summed E-state index contributed by atoms with van der Waals surface area (Å²) in [5.74, 6) is 0.211. The Balaban J connectivity index is 1.55. The summed E-state index contributed by atoms with van der Waals surface area (Å²) in [5, 5.41) is 24.1. The second kappa shape index (κ2) is 8.55. The molecule has 4 aromatic rings. The van der Waals surface area contributed by atoms with Crippen LogP contribution in [-0.4, -0.2) is 37.9 Å². The number of amides is 1. The number of methoxy groups -OCH3 is 1. The molecule has 0 saturated carbocycles. The summed E-state index contributed by atoms with van der Waals surface area (Å²) in [7, 11) is 1.57. The number of rotatable bonds is 6. The van der Waals surface area contributed by atoms with Gasteiger partial charge in [-0.2, -0.15) is 0 Å². The zero-order valence-corrected chi connectivity index (χ0v) is 18.2. The number of nitro groups is 1. The number of nitrogens with one attached hydrogen (secondary N) is 1. The summed E-state index contributed by atoms with van der Waals surface area (Å²) >= 11 is 1.22. The van der Waals surface area contributed by atoms with Crippen molar-refractivity contribution in [3.05, 3.63) is 74.9 Å². The van der Waals surface area contributed by atoms with Gasteiger partial charge in [-0.1, -0.05) is 23.4 Å². The highest BCUT2D eigenvalue weighted by Gasteiger charge is 2.20. The Hall–Kier alpha value is -4.12. The lowest BCUT2D eigenvalue weighted by atomic mass is 10.1. The Bertz CT molecular complexity index is 1330. The number of anilines is 1. The normalized spacial score (nSPS) is 10.7. The van der Waals surface area contributed by atoms with Crippen LogP contribution in [-0.2, 0) is 0 Å². The highest BCUT2D eigenvalue weighted by Crippen LogP contribution is 2.29. The van der Waals surface area contributed by atoms with Crippen molar-refractivity contribution in [2.24, 2.45) is 0 Å². The summed E-state index contributed by atoms with van der Waals surface area (Å²) < 4.78 is 6.78. The monoisotopic (exact) mass is 450 g/mol.